The van der Waals surface area contributed by atoms with Gasteiger partial charge in [0.05, 0.1) is 12.6 Å². The molecule has 1 aliphatic rings. The second-order valence-corrected chi connectivity index (χ2v) is 4.58. The monoisotopic (exact) mass is 291 g/mol. The summed E-state index contributed by atoms with van der Waals surface area (Å²) in [4.78, 5) is 4.30. The van der Waals surface area contributed by atoms with E-state index in [1.54, 1.807) is 0 Å². The van der Waals surface area contributed by atoms with Gasteiger partial charge < -0.3 is 24.5 Å². The molecule has 2 aromatic rings. The highest BCUT2D eigenvalue weighted by Crippen LogP contribution is 2.34. The fraction of sp³-hybridized carbons (Fsp3) is 0.429. The Labute approximate surface area is 122 Å². The van der Waals surface area contributed by atoms with E-state index in [1.807, 2.05) is 25.1 Å². The molecule has 0 fully saturated rings. The maximum absolute atomic E-state index is 5.93. The van der Waals surface area contributed by atoms with Gasteiger partial charge in [-0.3, -0.25) is 0 Å². The van der Waals surface area contributed by atoms with Crippen molar-refractivity contribution in [3.05, 3.63) is 24.0 Å². The number of nitrogens with two attached hydrogens (primary N) is 1. The molecule has 0 amide bonds. The average molecular weight is 291 g/mol. The van der Waals surface area contributed by atoms with E-state index in [-0.39, 0.29) is 0 Å². The molecule has 21 heavy (non-hydrogen) atoms. The Morgan fingerprint density at radius 3 is 2.90 bits per heavy atom. The Morgan fingerprint density at radius 2 is 2.10 bits per heavy atom. The van der Waals surface area contributed by atoms with E-state index >= 15 is 0 Å². The molecule has 2 N–H and O–H groups in total. The second kappa shape index (κ2) is 6.11. The zero-order chi connectivity index (χ0) is 14.7. The maximum atomic E-state index is 5.93. The van der Waals surface area contributed by atoms with E-state index in [9.17, 15) is 0 Å². The molecule has 0 aliphatic carbocycles. The van der Waals surface area contributed by atoms with Crippen molar-refractivity contribution in [3.8, 4) is 23.0 Å². The Morgan fingerprint density at radius 1 is 1.29 bits per heavy atom. The van der Waals surface area contributed by atoms with Crippen LogP contribution in [0.4, 0.5) is 0 Å². The molecule has 112 valence electrons. The quantitative estimate of drug-likeness (QED) is 0.893. The Balaban J connectivity index is 1.79. The summed E-state index contributed by atoms with van der Waals surface area (Å²) in [6.45, 7) is 3.95. The van der Waals surface area contributed by atoms with E-state index in [0.717, 1.165) is 11.3 Å². The molecule has 3 rings (SSSR count). The number of ether oxygens (including phenoxy) is 3. The molecule has 1 atom stereocenters. The molecule has 0 radical (unpaired) electrons. The van der Waals surface area contributed by atoms with E-state index in [1.165, 1.54) is 0 Å². The number of hydrogen-bond acceptors (Lipinski definition) is 7. The SMILES string of the molecule is CCOCC(N)c1noc(-c2ccc3c(c2)OCCO3)n1. The van der Waals surface area contributed by atoms with Crippen LogP contribution in [0.3, 0.4) is 0 Å². The summed E-state index contributed by atoms with van der Waals surface area (Å²) in [5.74, 6) is 2.22. The first-order chi connectivity index (χ1) is 10.3. The summed E-state index contributed by atoms with van der Waals surface area (Å²) in [7, 11) is 0. The molecule has 1 aromatic heterocycles. The molecule has 0 bridgehead atoms. The van der Waals surface area contributed by atoms with Crippen LogP contribution in [0.2, 0.25) is 0 Å². The topological polar surface area (TPSA) is 92.6 Å². The van der Waals surface area contributed by atoms with Gasteiger partial charge in [0, 0.05) is 12.2 Å². The molecule has 7 nitrogen and oxygen atoms in total. The summed E-state index contributed by atoms with van der Waals surface area (Å²) in [5.41, 5.74) is 6.69. The number of hydrogen-bond donors (Lipinski definition) is 1. The molecule has 0 saturated heterocycles. The molecular formula is C14H17N3O4. The van der Waals surface area contributed by atoms with Crippen LogP contribution in [-0.2, 0) is 4.74 Å². The first-order valence-electron chi connectivity index (χ1n) is 6.85. The van der Waals surface area contributed by atoms with E-state index < -0.39 is 6.04 Å². The van der Waals surface area contributed by atoms with Crippen molar-refractivity contribution in [1.29, 1.82) is 0 Å². The number of fused-ring (bicyclic) bond motifs is 1. The van der Waals surface area contributed by atoms with Crippen molar-refractivity contribution in [2.45, 2.75) is 13.0 Å². The number of nitrogens with zero attached hydrogens (tertiary/aromatic N) is 2. The Bertz CT molecular complexity index is 614. The molecule has 1 aliphatic heterocycles. The van der Waals surface area contributed by atoms with Crippen LogP contribution in [0.1, 0.15) is 18.8 Å². The van der Waals surface area contributed by atoms with Gasteiger partial charge in [0.1, 0.15) is 13.2 Å². The minimum Gasteiger partial charge on any atom is -0.486 e. The summed E-state index contributed by atoms with van der Waals surface area (Å²) >= 11 is 0. The van der Waals surface area contributed by atoms with Crippen molar-refractivity contribution >= 4 is 0 Å². The molecule has 7 heteroatoms. The predicted octanol–water partition coefficient (Wildman–Crippen LogP) is 1.54. The van der Waals surface area contributed by atoms with Crippen LogP contribution in [0.5, 0.6) is 11.5 Å². The predicted molar refractivity (Wildman–Crippen MR) is 74.1 cm³/mol. The third kappa shape index (κ3) is 2.98. The minimum absolute atomic E-state index is 0.358. The molecule has 0 saturated carbocycles. The number of aromatic nitrogens is 2. The van der Waals surface area contributed by atoms with Gasteiger partial charge >= 0.3 is 0 Å². The third-order valence-corrected chi connectivity index (χ3v) is 3.06. The minimum atomic E-state index is -0.403. The molecule has 0 spiro atoms. The van der Waals surface area contributed by atoms with Crippen molar-refractivity contribution < 1.29 is 18.7 Å². The maximum Gasteiger partial charge on any atom is 0.258 e. The van der Waals surface area contributed by atoms with Gasteiger partial charge in [0.15, 0.2) is 17.3 Å². The molecule has 2 heterocycles. The number of benzene rings is 1. The lowest BCUT2D eigenvalue weighted by molar-refractivity contribution is 0.130. The van der Waals surface area contributed by atoms with Crippen molar-refractivity contribution in [1.82, 2.24) is 10.1 Å². The summed E-state index contributed by atoms with van der Waals surface area (Å²) in [5, 5.41) is 3.89. The van der Waals surface area contributed by atoms with E-state index in [2.05, 4.69) is 10.1 Å². The van der Waals surface area contributed by atoms with E-state index in [4.69, 9.17) is 24.5 Å². The second-order valence-electron chi connectivity index (χ2n) is 4.58. The summed E-state index contributed by atoms with van der Waals surface area (Å²) in [6, 6.07) is 5.09. The summed E-state index contributed by atoms with van der Waals surface area (Å²) < 4.78 is 21.5. The lowest BCUT2D eigenvalue weighted by Crippen LogP contribution is -2.18. The normalized spacial score (nSPS) is 15.0. The largest absolute Gasteiger partial charge is 0.486 e. The van der Waals surface area contributed by atoms with Crippen LogP contribution < -0.4 is 15.2 Å². The fourth-order valence-electron chi connectivity index (χ4n) is 2.00. The first kappa shape index (κ1) is 13.8. The van der Waals surface area contributed by atoms with E-state index in [0.29, 0.717) is 43.9 Å². The van der Waals surface area contributed by atoms with Gasteiger partial charge in [-0.15, -0.1) is 0 Å². The van der Waals surface area contributed by atoms with Crippen LogP contribution in [0.25, 0.3) is 11.5 Å². The smallest absolute Gasteiger partial charge is 0.258 e. The zero-order valence-electron chi connectivity index (χ0n) is 11.7. The van der Waals surface area contributed by atoms with Gasteiger partial charge in [-0.2, -0.15) is 4.98 Å². The van der Waals surface area contributed by atoms with Crippen LogP contribution in [-0.4, -0.2) is 36.6 Å². The first-order valence-corrected chi connectivity index (χ1v) is 6.85. The highest BCUT2D eigenvalue weighted by atomic mass is 16.6. The lowest BCUT2D eigenvalue weighted by Gasteiger charge is -2.18. The molecular weight excluding hydrogens is 274 g/mol. The molecule has 1 unspecified atom stereocenters. The highest BCUT2D eigenvalue weighted by molar-refractivity contribution is 5.60. The Hall–Kier alpha value is -2.12. The number of rotatable bonds is 5. The fourth-order valence-corrected chi connectivity index (χ4v) is 2.00. The van der Waals surface area contributed by atoms with Crippen molar-refractivity contribution in [3.63, 3.8) is 0 Å². The van der Waals surface area contributed by atoms with Crippen LogP contribution in [0.15, 0.2) is 22.7 Å². The van der Waals surface area contributed by atoms with Gasteiger partial charge in [0.25, 0.3) is 5.89 Å². The lowest BCUT2D eigenvalue weighted by atomic mass is 10.2. The summed E-state index contributed by atoms with van der Waals surface area (Å²) in [6.07, 6.45) is 0. The zero-order valence-corrected chi connectivity index (χ0v) is 11.7. The van der Waals surface area contributed by atoms with Crippen LogP contribution in [0, 0.1) is 0 Å². The van der Waals surface area contributed by atoms with Gasteiger partial charge in [-0.1, -0.05) is 5.16 Å². The van der Waals surface area contributed by atoms with Gasteiger partial charge in [-0.05, 0) is 25.1 Å². The Kier molecular flexibility index (Phi) is 4.03. The highest BCUT2D eigenvalue weighted by Gasteiger charge is 2.18. The van der Waals surface area contributed by atoms with Crippen molar-refractivity contribution in [2.75, 3.05) is 26.4 Å². The average Bonchev–Trinajstić information content (AvgIpc) is 3.02. The van der Waals surface area contributed by atoms with Gasteiger partial charge in [0.2, 0.25) is 0 Å². The molecule has 1 aromatic carbocycles. The van der Waals surface area contributed by atoms with Crippen molar-refractivity contribution in [2.24, 2.45) is 5.73 Å². The van der Waals surface area contributed by atoms with Crippen LogP contribution >= 0.6 is 0 Å². The van der Waals surface area contributed by atoms with Gasteiger partial charge in [-0.25, -0.2) is 0 Å². The standard InChI is InChI=1S/C14H17N3O4/c1-2-18-8-10(15)13-16-14(21-17-13)9-3-4-11-12(7-9)20-6-5-19-11/h3-4,7,10H,2,5-6,8,15H2,1H3. The third-order valence-electron chi connectivity index (χ3n) is 3.06.